The molecule has 0 bridgehead atoms. The van der Waals surface area contributed by atoms with Gasteiger partial charge in [0.1, 0.15) is 4.90 Å². The molecule has 2 aromatic rings. The molecule has 1 saturated heterocycles. The summed E-state index contributed by atoms with van der Waals surface area (Å²) in [5.41, 5.74) is 3.40. The Kier molecular flexibility index (Phi) is 7.75. The highest BCUT2D eigenvalue weighted by molar-refractivity contribution is 7.89. The minimum Gasteiger partial charge on any atom is -0.454 e. The van der Waals surface area contributed by atoms with Gasteiger partial charge < -0.3 is 4.74 Å². The van der Waals surface area contributed by atoms with Gasteiger partial charge in [0, 0.05) is 18.7 Å². The van der Waals surface area contributed by atoms with Gasteiger partial charge in [-0.3, -0.25) is 4.79 Å². The van der Waals surface area contributed by atoms with Gasteiger partial charge in [-0.15, -0.1) is 0 Å². The topological polar surface area (TPSA) is 80.8 Å². The van der Waals surface area contributed by atoms with Crippen LogP contribution in [0, 0.1) is 20.8 Å². The SMILES string of the molecule is Cc1cc(C)c(C(=O)COC(=O)c2ccc(Cl)c(S(=O)(=O)N3CCCCCC3)c2)cc1C. The zero-order valence-electron chi connectivity index (χ0n) is 18.6. The molecule has 0 radical (unpaired) electrons. The van der Waals surface area contributed by atoms with Gasteiger partial charge in [0.05, 0.1) is 10.6 Å². The van der Waals surface area contributed by atoms with Crippen molar-refractivity contribution in [3.05, 3.63) is 63.2 Å². The van der Waals surface area contributed by atoms with Crippen LogP contribution in [0.3, 0.4) is 0 Å². The fourth-order valence-electron chi connectivity index (χ4n) is 3.80. The van der Waals surface area contributed by atoms with Crippen molar-refractivity contribution in [2.45, 2.75) is 51.3 Å². The third kappa shape index (κ3) is 5.39. The van der Waals surface area contributed by atoms with Crippen molar-refractivity contribution in [3.8, 4) is 0 Å². The van der Waals surface area contributed by atoms with Gasteiger partial charge >= 0.3 is 5.97 Å². The average Bonchev–Trinajstić information content (AvgIpc) is 3.04. The molecule has 3 rings (SSSR count). The molecule has 0 spiro atoms. The van der Waals surface area contributed by atoms with E-state index in [9.17, 15) is 18.0 Å². The molecule has 6 nitrogen and oxygen atoms in total. The number of aryl methyl sites for hydroxylation is 3. The lowest BCUT2D eigenvalue weighted by Crippen LogP contribution is -2.32. The molecule has 1 heterocycles. The van der Waals surface area contributed by atoms with Crippen LogP contribution >= 0.6 is 11.6 Å². The number of esters is 1. The highest BCUT2D eigenvalue weighted by Crippen LogP contribution is 2.28. The predicted octanol–water partition coefficient (Wildman–Crippen LogP) is 4.87. The number of nitrogens with zero attached hydrogens (tertiary/aromatic N) is 1. The normalized spacial score (nSPS) is 15.2. The van der Waals surface area contributed by atoms with Crippen LogP contribution in [0.1, 0.15) is 63.1 Å². The maximum Gasteiger partial charge on any atom is 0.338 e. The van der Waals surface area contributed by atoms with Gasteiger partial charge in [0.15, 0.2) is 6.61 Å². The largest absolute Gasteiger partial charge is 0.454 e. The van der Waals surface area contributed by atoms with Crippen molar-refractivity contribution in [2.24, 2.45) is 0 Å². The Morgan fingerprint density at radius 2 is 1.56 bits per heavy atom. The minimum atomic E-state index is -3.83. The van der Waals surface area contributed by atoms with Crippen LogP contribution in [0.5, 0.6) is 0 Å². The van der Waals surface area contributed by atoms with Crippen molar-refractivity contribution in [1.82, 2.24) is 4.31 Å². The monoisotopic (exact) mass is 477 g/mol. The molecule has 2 aromatic carbocycles. The van der Waals surface area contributed by atoms with Gasteiger partial charge in [-0.25, -0.2) is 13.2 Å². The number of benzene rings is 2. The molecule has 8 heteroatoms. The van der Waals surface area contributed by atoms with Crippen molar-refractivity contribution >= 4 is 33.4 Å². The average molecular weight is 478 g/mol. The van der Waals surface area contributed by atoms with Crippen molar-refractivity contribution in [1.29, 1.82) is 0 Å². The van der Waals surface area contributed by atoms with Crippen molar-refractivity contribution in [3.63, 3.8) is 0 Å². The number of Topliss-reactive ketones (excluding diaryl/α,β-unsaturated/α-hetero) is 1. The summed E-state index contributed by atoms with van der Waals surface area (Å²) >= 11 is 6.19. The lowest BCUT2D eigenvalue weighted by molar-refractivity contribution is 0.0474. The second-order valence-electron chi connectivity index (χ2n) is 8.21. The summed E-state index contributed by atoms with van der Waals surface area (Å²) < 4.78 is 32.9. The molecule has 0 aliphatic carbocycles. The van der Waals surface area contributed by atoms with E-state index < -0.39 is 22.6 Å². The Balaban J connectivity index is 1.77. The second-order valence-corrected chi connectivity index (χ2v) is 10.5. The summed E-state index contributed by atoms with van der Waals surface area (Å²) in [7, 11) is -3.83. The highest BCUT2D eigenvalue weighted by Gasteiger charge is 2.28. The first-order valence-corrected chi connectivity index (χ1v) is 12.5. The number of halogens is 1. The van der Waals surface area contributed by atoms with Crippen LogP contribution in [0.25, 0.3) is 0 Å². The van der Waals surface area contributed by atoms with Crippen LogP contribution < -0.4 is 0 Å². The molecule has 0 N–H and O–H groups in total. The molecule has 0 atom stereocenters. The Labute approximate surface area is 194 Å². The van der Waals surface area contributed by atoms with E-state index in [1.807, 2.05) is 26.8 Å². The molecular formula is C24H28ClNO5S. The van der Waals surface area contributed by atoms with E-state index in [4.69, 9.17) is 16.3 Å². The number of rotatable bonds is 6. The zero-order chi connectivity index (χ0) is 23.5. The van der Waals surface area contributed by atoms with Crippen LogP contribution in [0.2, 0.25) is 5.02 Å². The Morgan fingerprint density at radius 3 is 2.22 bits per heavy atom. The quantitative estimate of drug-likeness (QED) is 0.438. The van der Waals surface area contributed by atoms with Crippen LogP contribution in [0.15, 0.2) is 35.2 Å². The van der Waals surface area contributed by atoms with Gasteiger partial charge in [0.2, 0.25) is 15.8 Å². The number of carbonyl (C=O) groups excluding carboxylic acids is 2. The van der Waals surface area contributed by atoms with E-state index in [-0.39, 0.29) is 21.3 Å². The zero-order valence-corrected chi connectivity index (χ0v) is 20.2. The number of ether oxygens (including phenoxy) is 1. The molecule has 32 heavy (non-hydrogen) atoms. The Morgan fingerprint density at radius 1 is 0.938 bits per heavy atom. The first kappa shape index (κ1) is 24.4. The summed E-state index contributed by atoms with van der Waals surface area (Å²) in [6.45, 7) is 6.14. The summed E-state index contributed by atoms with van der Waals surface area (Å²) in [5.74, 6) is -1.09. The summed E-state index contributed by atoms with van der Waals surface area (Å²) in [6.07, 6.45) is 3.55. The first-order valence-electron chi connectivity index (χ1n) is 10.7. The maximum atomic E-state index is 13.1. The standard InChI is InChI=1S/C24H28ClNO5S/c1-16-12-18(3)20(13-17(16)2)22(27)15-31-24(28)19-8-9-21(25)23(14-19)32(29,30)26-10-6-4-5-7-11-26/h8-9,12-14H,4-7,10-11,15H2,1-3H3. The lowest BCUT2D eigenvalue weighted by Gasteiger charge is -2.21. The third-order valence-corrected chi connectivity index (χ3v) is 8.21. The Bertz CT molecular complexity index is 1140. The molecule has 0 amide bonds. The molecule has 1 aliphatic heterocycles. The molecule has 1 fully saturated rings. The second kappa shape index (κ2) is 10.1. The van der Waals surface area contributed by atoms with Gasteiger partial charge in [-0.05, 0) is 74.6 Å². The van der Waals surface area contributed by atoms with E-state index in [0.717, 1.165) is 42.4 Å². The van der Waals surface area contributed by atoms with Gasteiger partial charge in [-0.1, -0.05) is 30.5 Å². The molecule has 172 valence electrons. The fourth-order valence-corrected chi connectivity index (χ4v) is 5.82. The molecule has 0 saturated carbocycles. The van der Waals surface area contributed by atoms with E-state index in [1.165, 1.54) is 22.5 Å². The van der Waals surface area contributed by atoms with Crippen LogP contribution in [0.4, 0.5) is 0 Å². The number of ketones is 1. The maximum absolute atomic E-state index is 13.1. The van der Waals surface area contributed by atoms with Gasteiger partial charge in [-0.2, -0.15) is 4.31 Å². The number of carbonyl (C=O) groups is 2. The minimum absolute atomic E-state index is 0.0346. The smallest absolute Gasteiger partial charge is 0.338 e. The van der Waals surface area contributed by atoms with Crippen molar-refractivity contribution in [2.75, 3.05) is 19.7 Å². The molecule has 1 aliphatic rings. The Hall–Kier alpha value is -2.22. The third-order valence-electron chi connectivity index (χ3n) is 5.83. The number of hydrogen-bond acceptors (Lipinski definition) is 5. The summed E-state index contributed by atoms with van der Waals surface area (Å²) in [6, 6.07) is 7.71. The first-order chi connectivity index (χ1) is 15.1. The molecule has 0 unspecified atom stereocenters. The van der Waals surface area contributed by atoms with Crippen LogP contribution in [-0.2, 0) is 14.8 Å². The van der Waals surface area contributed by atoms with E-state index in [0.29, 0.717) is 18.7 Å². The summed E-state index contributed by atoms with van der Waals surface area (Å²) in [4.78, 5) is 25.0. The molecular weight excluding hydrogens is 450 g/mol. The van der Waals surface area contributed by atoms with Crippen LogP contribution in [-0.4, -0.2) is 44.2 Å². The van der Waals surface area contributed by atoms with Crippen molar-refractivity contribution < 1.29 is 22.7 Å². The highest BCUT2D eigenvalue weighted by atomic mass is 35.5. The van der Waals surface area contributed by atoms with E-state index in [2.05, 4.69) is 0 Å². The van der Waals surface area contributed by atoms with E-state index >= 15 is 0 Å². The fraction of sp³-hybridized carbons (Fsp3) is 0.417. The van der Waals surface area contributed by atoms with Gasteiger partial charge in [0.25, 0.3) is 0 Å². The van der Waals surface area contributed by atoms with E-state index in [1.54, 1.807) is 6.07 Å². The lowest BCUT2D eigenvalue weighted by atomic mass is 9.98. The summed E-state index contributed by atoms with van der Waals surface area (Å²) in [5, 5.41) is 0.0487. The number of hydrogen-bond donors (Lipinski definition) is 0. The predicted molar refractivity (Wildman–Crippen MR) is 124 cm³/mol. The molecule has 0 aromatic heterocycles. The number of sulfonamides is 1.